The lowest BCUT2D eigenvalue weighted by Gasteiger charge is -2.15. The Bertz CT molecular complexity index is 355. The number of halogens is 2. The summed E-state index contributed by atoms with van der Waals surface area (Å²) in [5.74, 6) is -0.891. The summed E-state index contributed by atoms with van der Waals surface area (Å²) in [4.78, 5) is 16.4. The molecule has 6 heteroatoms. The minimum absolute atomic E-state index is 0.271. The number of hydrogen-bond acceptors (Lipinski definition) is 3. The average molecular weight is 215 g/mol. The monoisotopic (exact) mass is 215 g/mol. The van der Waals surface area contributed by atoms with Crippen LogP contribution in [0.2, 0.25) is 0 Å². The summed E-state index contributed by atoms with van der Waals surface area (Å²) in [6, 6.07) is 3.08. The number of amides is 1. The highest BCUT2D eigenvalue weighted by Crippen LogP contribution is 2.20. The van der Waals surface area contributed by atoms with E-state index in [1.54, 1.807) is 25.1 Å². The van der Waals surface area contributed by atoms with Crippen molar-refractivity contribution in [2.45, 2.75) is 6.43 Å². The molecule has 1 heterocycles. The number of nitrogens with zero attached hydrogens (tertiary/aromatic N) is 2. The topological polar surface area (TPSA) is 45.2 Å². The van der Waals surface area contributed by atoms with Crippen molar-refractivity contribution >= 4 is 17.4 Å². The molecule has 1 aromatic heterocycles. The van der Waals surface area contributed by atoms with Gasteiger partial charge in [-0.3, -0.25) is 4.79 Å². The smallest absolute Gasteiger partial charge is 0.315 e. The van der Waals surface area contributed by atoms with Crippen molar-refractivity contribution in [1.29, 1.82) is 0 Å². The zero-order chi connectivity index (χ0) is 11.4. The quantitative estimate of drug-likeness (QED) is 0.827. The molecule has 0 fully saturated rings. The van der Waals surface area contributed by atoms with Crippen molar-refractivity contribution in [2.75, 3.05) is 24.3 Å². The van der Waals surface area contributed by atoms with Crippen molar-refractivity contribution in [3.63, 3.8) is 0 Å². The summed E-state index contributed by atoms with van der Waals surface area (Å²) in [6.45, 7) is 0. The summed E-state index contributed by atoms with van der Waals surface area (Å²) in [6.07, 6.45) is -1.51. The van der Waals surface area contributed by atoms with Crippen molar-refractivity contribution in [3.05, 3.63) is 18.3 Å². The van der Waals surface area contributed by atoms with Gasteiger partial charge >= 0.3 is 6.43 Å². The third kappa shape index (κ3) is 2.87. The molecule has 0 aliphatic rings. The molecule has 1 amide bonds. The SMILES string of the molecule is CN(C)c1ncccc1NC(=O)C(F)F. The molecule has 1 aromatic rings. The van der Waals surface area contributed by atoms with Crippen LogP contribution in [0.5, 0.6) is 0 Å². The van der Waals surface area contributed by atoms with E-state index in [4.69, 9.17) is 0 Å². The van der Waals surface area contributed by atoms with Gasteiger partial charge in [0.15, 0.2) is 5.82 Å². The van der Waals surface area contributed by atoms with Crippen LogP contribution >= 0.6 is 0 Å². The molecule has 0 aliphatic heterocycles. The average Bonchev–Trinajstić information content (AvgIpc) is 2.18. The fourth-order valence-electron chi connectivity index (χ4n) is 1.04. The second-order valence-corrected chi connectivity index (χ2v) is 3.06. The minimum atomic E-state index is -3.03. The Morgan fingerprint density at radius 2 is 2.20 bits per heavy atom. The van der Waals surface area contributed by atoms with E-state index in [0.717, 1.165) is 0 Å². The van der Waals surface area contributed by atoms with Crippen LogP contribution < -0.4 is 10.2 Å². The molecule has 0 aromatic carbocycles. The number of pyridine rings is 1. The third-order valence-corrected chi connectivity index (χ3v) is 1.67. The molecule has 0 saturated carbocycles. The lowest BCUT2D eigenvalue weighted by molar-refractivity contribution is -0.126. The fraction of sp³-hybridized carbons (Fsp3) is 0.333. The van der Waals surface area contributed by atoms with Crippen LogP contribution in [0.3, 0.4) is 0 Å². The number of nitrogens with one attached hydrogen (secondary N) is 1. The first-order valence-corrected chi connectivity index (χ1v) is 4.23. The Balaban J connectivity index is 2.89. The van der Waals surface area contributed by atoms with Crippen molar-refractivity contribution in [2.24, 2.45) is 0 Å². The predicted octanol–water partition coefficient (Wildman–Crippen LogP) is 1.35. The van der Waals surface area contributed by atoms with E-state index in [1.165, 1.54) is 12.3 Å². The van der Waals surface area contributed by atoms with Gasteiger partial charge in [0.25, 0.3) is 5.91 Å². The number of anilines is 2. The predicted molar refractivity (Wildman–Crippen MR) is 53.2 cm³/mol. The molecule has 0 saturated heterocycles. The van der Waals surface area contributed by atoms with Crippen LogP contribution in [0.4, 0.5) is 20.3 Å². The van der Waals surface area contributed by atoms with E-state index >= 15 is 0 Å². The van der Waals surface area contributed by atoms with Gasteiger partial charge in [-0.05, 0) is 12.1 Å². The van der Waals surface area contributed by atoms with Crippen LogP contribution in [0.25, 0.3) is 0 Å². The molecule has 1 N–H and O–H groups in total. The molecule has 15 heavy (non-hydrogen) atoms. The Morgan fingerprint density at radius 1 is 1.53 bits per heavy atom. The van der Waals surface area contributed by atoms with Gasteiger partial charge in [-0.2, -0.15) is 8.78 Å². The number of alkyl halides is 2. The van der Waals surface area contributed by atoms with E-state index in [0.29, 0.717) is 5.82 Å². The highest BCUT2D eigenvalue weighted by Gasteiger charge is 2.17. The standard InChI is InChI=1S/C9H11F2N3O/c1-14(2)8-6(4-3-5-12-8)13-9(15)7(10)11/h3-5,7H,1-2H3,(H,13,15). The summed E-state index contributed by atoms with van der Waals surface area (Å²) >= 11 is 0. The van der Waals surface area contributed by atoms with Crippen molar-refractivity contribution in [3.8, 4) is 0 Å². The van der Waals surface area contributed by atoms with Crippen LogP contribution in [0.15, 0.2) is 18.3 Å². The summed E-state index contributed by atoms with van der Waals surface area (Å²) in [5.41, 5.74) is 0.271. The first-order chi connectivity index (χ1) is 7.02. The number of carbonyl (C=O) groups excluding carboxylic acids is 1. The Hall–Kier alpha value is -1.72. The van der Waals surface area contributed by atoms with Gasteiger partial charge in [-0.25, -0.2) is 4.98 Å². The van der Waals surface area contributed by atoms with Gasteiger partial charge < -0.3 is 10.2 Å². The maximum Gasteiger partial charge on any atom is 0.315 e. The van der Waals surface area contributed by atoms with E-state index in [1.807, 2.05) is 0 Å². The molecule has 0 unspecified atom stereocenters. The number of rotatable bonds is 3. The molecular formula is C9H11F2N3O. The van der Waals surface area contributed by atoms with Crippen LogP contribution in [0, 0.1) is 0 Å². The highest BCUT2D eigenvalue weighted by molar-refractivity contribution is 5.95. The van der Waals surface area contributed by atoms with Gasteiger partial charge in [0.1, 0.15) is 0 Å². The Labute approximate surface area is 85.9 Å². The zero-order valence-electron chi connectivity index (χ0n) is 8.37. The molecule has 4 nitrogen and oxygen atoms in total. The molecule has 0 bridgehead atoms. The van der Waals surface area contributed by atoms with Gasteiger partial charge in [-0.1, -0.05) is 0 Å². The van der Waals surface area contributed by atoms with Crippen LogP contribution in [-0.2, 0) is 4.79 Å². The molecule has 0 atom stereocenters. The minimum Gasteiger partial charge on any atom is -0.361 e. The van der Waals surface area contributed by atoms with Crippen LogP contribution in [-0.4, -0.2) is 31.4 Å². The molecular weight excluding hydrogens is 204 g/mol. The Morgan fingerprint density at radius 3 is 2.73 bits per heavy atom. The summed E-state index contributed by atoms with van der Waals surface area (Å²) < 4.78 is 24.0. The largest absolute Gasteiger partial charge is 0.361 e. The van der Waals surface area contributed by atoms with E-state index in [2.05, 4.69) is 10.3 Å². The van der Waals surface area contributed by atoms with Gasteiger partial charge in [0, 0.05) is 20.3 Å². The summed E-state index contributed by atoms with van der Waals surface area (Å²) in [5, 5.41) is 2.10. The first-order valence-electron chi connectivity index (χ1n) is 4.23. The number of hydrogen-bond donors (Lipinski definition) is 1. The second-order valence-electron chi connectivity index (χ2n) is 3.06. The lowest BCUT2D eigenvalue weighted by Crippen LogP contribution is -2.22. The second kappa shape index (κ2) is 4.68. The molecule has 82 valence electrons. The molecule has 0 aliphatic carbocycles. The van der Waals surface area contributed by atoms with E-state index in [-0.39, 0.29) is 5.69 Å². The van der Waals surface area contributed by atoms with Gasteiger partial charge in [-0.15, -0.1) is 0 Å². The highest BCUT2D eigenvalue weighted by atomic mass is 19.3. The van der Waals surface area contributed by atoms with Gasteiger partial charge in [0.05, 0.1) is 5.69 Å². The van der Waals surface area contributed by atoms with Crippen molar-refractivity contribution in [1.82, 2.24) is 4.98 Å². The normalized spacial score (nSPS) is 10.2. The molecule has 0 spiro atoms. The molecule has 1 rings (SSSR count). The fourth-order valence-corrected chi connectivity index (χ4v) is 1.04. The first kappa shape index (κ1) is 11.4. The maximum atomic E-state index is 12.0. The number of carbonyl (C=O) groups is 1. The zero-order valence-corrected chi connectivity index (χ0v) is 8.37. The maximum absolute atomic E-state index is 12.0. The van der Waals surface area contributed by atoms with Crippen LogP contribution in [0.1, 0.15) is 0 Å². The van der Waals surface area contributed by atoms with E-state index < -0.39 is 12.3 Å². The Kier molecular flexibility index (Phi) is 3.54. The third-order valence-electron chi connectivity index (χ3n) is 1.67. The van der Waals surface area contributed by atoms with E-state index in [9.17, 15) is 13.6 Å². The van der Waals surface area contributed by atoms with Gasteiger partial charge in [0.2, 0.25) is 0 Å². The summed E-state index contributed by atoms with van der Waals surface area (Å²) in [7, 11) is 3.42. The lowest BCUT2D eigenvalue weighted by atomic mass is 10.3. The van der Waals surface area contributed by atoms with Crippen molar-refractivity contribution < 1.29 is 13.6 Å². The molecule has 0 radical (unpaired) electrons. The number of aromatic nitrogens is 1.